The van der Waals surface area contributed by atoms with E-state index in [2.05, 4.69) is 4.90 Å². The lowest BCUT2D eigenvalue weighted by Crippen LogP contribution is -2.64. The molecule has 4 aliphatic rings. The van der Waals surface area contributed by atoms with Crippen molar-refractivity contribution in [2.45, 2.75) is 17.6 Å². The van der Waals surface area contributed by atoms with Crippen molar-refractivity contribution in [3.63, 3.8) is 0 Å². The lowest BCUT2D eigenvalue weighted by molar-refractivity contribution is -0.136. The van der Waals surface area contributed by atoms with E-state index >= 15 is 0 Å². The molecule has 4 atom stereocenters. The molecule has 1 aromatic carbocycles. The summed E-state index contributed by atoms with van der Waals surface area (Å²) < 4.78 is 0. The number of benzene rings is 1. The van der Waals surface area contributed by atoms with Crippen molar-refractivity contribution < 1.29 is 14.7 Å². The third kappa shape index (κ3) is 1.07. The average Bonchev–Trinajstić information content (AvgIpc) is 2.96. The average molecular weight is 312 g/mol. The highest BCUT2D eigenvalue weighted by molar-refractivity contribution is 6.17. The Kier molecular flexibility index (Phi) is 2.25. The van der Waals surface area contributed by atoms with Gasteiger partial charge in [0.05, 0.1) is 11.3 Å². The first-order valence-corrected chi connectivity index (χ1v) is 8.22. The SMILES string of the molecule is CN1C[C@H]2C(=O)[C@@]3(CCN(C)[C@@]34C(=O)c3ccccc3[C@@]24O)C1. The molecule has 2 heterocycles. The maximum Gasteiger partial charge on any atom is 0.187 e. The van der Waals surface area contributed by atoms with E-state index in [0.717, 1.165) is 0 Å². The number of nitrogens with zero attached hydrogens (tertiary/aromatic N) is 2. The van der Waals surface area contributed by atoms with Crippen LogP contribution in [0.25, 0.3) is 0 Å². The molecule has 1 saturated carbocycles. The summed E-state index contributed by atoms with van der Waals surface area (Å²) in [6.07, 6.45) is 0.644. The van der Waals surface area contributed by atoms with Crippen molar-refractivity contribution in [1.82, 2.24) is 9.80 Å². The van der Waals surface area contributed by atoms with E-state index in [-0.39, 0.29) is 11.6 Å². The number of rotatable bonds is 0. The molecule has 0 radical (unpaired) electrons. The molecular formula is C18H20N2O3. The fourth-order valence-corrected chi connectivity index (χ4v) is 6.28. The molecule has 0 amide bonds. The molecule has 120 valence electrons. The third-order valence-corrected chi connectivity index (χ3v) is 6.93. The Morgan fingerprint density at radius 3 is 2.74 bits per heavy atom. The van der Waals surface area contributed by atoms with E-state index in [1.807, 2.05) is 37.2 Å². The van der Waals surface area contributed by atoms with Gasteiger partial charge in [0, 0.05) is 25.2 Å². The van der Waals surface area contributed by atoms with E-state index in [0.29, 0.717) is 37.2 Å². The minimum atomic E-state index is -1.41. The van der Waals surface area contributed by atoms with Crippen molar-refractivity contribution in [2.24, 2.45) is 11.3 Å². The summed E-state index contributed by atoms with van der Waals surface area (Å²) in [4.78, 5) is 30.9. The smallest absolute Gasteiger partial charge is 0.187 e. The summed E-state index contributed by atoms with van der Waals surface area (Å²) in [6, 6.07) is 7.31. The zero-order chi connectivity index (χ0) is 16.2. The highest BCUT2D eigenvalue weighted by Gasteiger charge is 2.86. The molecule has 0 aromatic heterocycles. The molecule has 1 aromatic rings. The second kappa shape index (κ2) is 3.74. The van der Waals surface area contributed by atoms with E-state index < -0.39 is 22.5 Å². The highest BCUT2D eigenvalue weighted by atomic mass is 16.3. The number of carbonyl (C=O) groups is 2. The zero-order valence-corrected chi connectivity index (χ0v) is 13.4. The molecular weight excluding hydrogens is 292 g/mol. The summed E-state index contributed by atoms with van der Waals surface area (Å²) in [6.45, 7) is 1.72. The molecule has 1 N–H and O–H groups in total. The number of carbonyl (C=O) groups excluding carboxylic acids is 2. The van der Waals surface area contributed by atoms with Crippen LogP contribution in [0, 0.1) is 11.3 Å². The lowest BCUT2D eigenvalue weighted by Gasteiger charge is -2.45. The molecule has 2 spiro atoms. The number of ketones is 2. The van der Waals surface area contributed by atoms with Crippen LogP contribution >= 0.6 is 0 Å². The van der Waals surface area contributed by atoms with Gasteiger partial charge in [0.2, 0.25) is 0 Å². The summed E-state index contributed by atoms with van der Waals surface area (Å²) in [5.41, 5.74) is -2.08. The Labute approximate surface area is 134 Å². The van der Waals surface area contributed by atoms with Crippen LogP contribution in [0.15, 0.2) is 24.3 Å². The van der Waals surface area contributed by atoms with Gasteiger partial charge in [-0.2, -0.15) is 0 Å². The van der Waals surface area contributed by atoms with Crippen LogP contribution < -0.4 is 0 Å². The summed E-state index contributed by atoms with van der Waals surface area (Å²) in [5.74, 6) is -0.511. The zero-order valence-electron chi connectivity index (χ0n) is 13.4. The van der Waals surface area contributed by atoms with E-state index in [4.69, 9.17) is 0 Å². The van der Waals surface area contributed by atoms with Gasteiger partial charge in [0.1, 0.15) is 11.1 Å². The van der Waals surface area contributed by atoms with E-state index in [9.17, 15) is 14.7 Å². The van der Waals surface area contributed by atoms with Crippen LogP contribution in [0.1, 0.15) is 22.3 Å². The van der Waals surface area contributed by atoms with Crippen molar-refractivity contribution in [3.05, 3.63) is 35.4 Å². The minimum Gasteiger partial charge on any atom is -0.382 e. The quantitative estimate of drug-likeness (QED) is 0.745. The van der Waals surface area contributed by atoms with Crippen LogP contribution in [0.5, 0.6) is 0 Å². The van der Waals surface area contributed by atoms with Gasteiger partial charge in [0.15, 0.2) is 11.6 Å². The van der Waals surface area contributed by atoms with Crippen LogP contribution in [-0.4, -0.2) is 65.7 Å². The van der Waals surface area contributed by atoms with Crippen LogP contribution in [-0.2, 0) is 10.4 Å². The Balaban J connectivity index is 1.93. The van der Waals surface area contributed by atoms with Gasteiger partial charge in [-0.25, -0.2) is 0 Å². The number of Topliss-reactive ketones (excluding diaryl/α,β-unsaturated/α-hetero) is 2. The molecule has 2 bridgehead atoms. The molecule has 23 heavy (non-hydrogen) atoms. The van der Waals surface area contributed by atoms with Gasteiger partial charge in [-0.15, -0.1) is 0 Å². The molecule has 5 heteroatoms. The molecule has 5 rings (SSSR count). The first-order chi connectivity index (χ1) is 10.9. The topological polar surface area (TPSA) is 60.9 Å². The van der Waals surface area contributed by atoms with Crippen LogP contribution in [0.3, 0.4) is 0 Å². The normalized spacial score (nSPS) is 45.3. The third-order valence-electron chi connectivity index (χ3n) is 6.93. The number of aliphatic hydroxyl groups is 1. The number of hydrogen-bond acceptors (Lipinski definition) is 5. The first-order valence-electron chi connectivity index (χ1n) is 8.22. The fraction of sp³-hybridized carbons (Fsp3) is 0.556. The summed E-state index contributed by atoms with van der Waals surface area (Å²) in [7, 11) is 3.87. The number of likely N-dealkylation sites (N-methyl/N-ethyl adjacent to an activating group) is 1. The number of likely N-dealkylation sites (tertiary alicyclic amines) is 2. The Hall–Kier alpha value is -1.56. The fourth-order valence-electron chi connectivity index (χ4n) is 6.28. The number of piperidine rings is 1. The van der Waals surface area contributed by atoms with Crippen LogP contribution in [0.4, 0.5) is 0 Å². The Morgan fingerprint density at radius 2 is 1.96 bits per heavy atom. The molecule has 2 saturated heterocycles. The molecule has 0 unspecified atom stereocenters. The summed E-state index contributed by atoms with van der Waals surface area (Å²) >= 11 is 0. The molecule has 3 fully saturated rings. The Morgan fingerprint density at radius 1 is 1.22 bits per heavy atom. The summed E-state index contributed by atoms with van der Waals surface area (Å²) in [5, 5.41) is 11.9. The predicted molar refractivity (Wildman–Crippen MR) is 83.1 cm³/mol. The van der Waals surface area contributed by atoms with Crippen LogP contribution in [0.2, 0.25) is 0 Å². The van der Waals surface area contributed by atoms with Gasteiger partial charge < -0.3 is 10.0 Å². The van der Waals surface area contributed by atoms with Crippen molar-refractivity contribution >= 4 is 11.6 Å². The van der Waals surface area contributed by atoms with E-state index in [1.54, 1.807) is 6.07 Å². The maximum absolute atomic E-state index is 13.5. The van der Waals surface area contributed by atoms with Crippen molar-refractivity contribution in [1.29, 1.82) is 0 Å². The second-order valence-corrected chi connectivity index (χ2v) is 7.72. The minimum absolute atomic E-state index is 0.0678. The monoisotopic (exact) mass is 312 g/mol. The first kappa shape index (κ1) is 13.8. The molecule has 2 aliphatic heterocycles. The van der Waals surface area contributed by atoms with Gasteiger partial charge in [-0.1, -0.05) is 24.3 Å². The molecule has 2 aliphatic carbocycles. The van der Waals surface area contributed by atoms with Gasteiger partial charge >= 0.3 is 0 Å². The van der Waals surface area contributed by atoms with Gasteiger partial charge in [-0.3, -0.25) is 14.5 Å². The number of fused-ring (bicyclic) bond motifs is 4. The Bertz CT molecular complexity index is 777. The van der Waals surface area contributed by atoms with Crippen molar-refractivity contribution in [2.75, 3.05) is 33.7 Å². The predicted octanol–water partition coefficient (Wildman–Crippen LogP) is 0.275. The second-order valence-electron chi connectivity index (χ2n) is 7.72. The molecule has 5 nitrogen and oxygen atoms in total. The van der Waals surface area contributed by atoms with E-state index in [1.165, 1.54) is 0 Å². The van der Waals surface area contributed by atoms with Crippen molar-refractivity contribution in [3.8, 4) is 0 Å². The maximum atomic E-state index is 13.5. The highest BCUT2D eigenvalue weighted by Crippen LogP contribution is 2.70. The van der Waals surface area contributed by atoms with Gasteiger partial charge in [0.25, 0.3) is 0 Å². The number of hydrogen-bond donors (Lipinski definition) is 1. The van der Waals surface area contributed by atoms with Gasteiger partial charge in [-0.05, 0) is 26.1 Å². The lowest BCUT2D eigenvalue weighted by atomic mass is 9.67. The standard InChI is InChI=1S/C18H20N2O3/c1-19-9-13-15(22)16(10-19)7-8-20(2)18(16)14(21)11-5-3-4-6-12(11)17(13,18)23/h3-6,13,23H,7-10H2,1-2H3/t13-,16+,17+,18-/m0/s1. The largest absolute Gasteiger partial charge is 0.382 e.